The molecule has 1 atom stereocenters. The van der Waals surface area contributed by atoms with Crippen molar-refractivity contribution in [2.24, 2.45) is 5.92 Å². The lowest BCUT2D eigenvalue weighted by Crippen LogP contribution is -2.49. The van der Waals surface area contributed by atoms with E-state index in [1.807, 2.05) is 0 Å². The molecule has 0 radical (unpaired) electrons. The summed E-state index contributed by atoms with van der Waals surface area (Å²) in [5, 5.41) is 11.1. The third-order valence-corrected chi connectivity index (χ3v) is 3.19. The van der Waals surface area contributed by atoms with Crippen LogP contribution in [0.25, 0.3) is 0 Å². The van der Waals surface area contributed by atoms with Gasteiger partial charge in [-0.25, -0.2) is 4.79 Å². The first-order chi connectivity index (χ1) is 7.54. The fourth-order valence-electron chi connectivity index (χ4n) is 1.88. The van der Waals surface area contributed by atoms with Crippen LogP contribution in [0.4, 0.5) is 4.79 Å². The van der Waals surface area contributed by atoms with E-state index in [1.54, 1.807) is 4.90 Å². The van der Waals surface area contributed by atoms with Crippen molar-refractivity contribution in [2.45, 2.75) is 39.2 Å². The van der Waals surface area contributed by atoms with Crippen molar-refractivity contribution in [3.05, 3.63) is 0 Å². The molecule has 1 aliphatic rings. The fraction of sp³-hybridized carbons (Fsp3) is 0.818. The molecule has 1 rings (SSSR count). The Balaban J connectivity index is 2.36. The summed E-state index contributed by atoms with van der Waals surface area (Å²) in [4.78, 5) is 23.9. The fourth-order valence-corrected chi connectivity index (χ4v) is 1.88. The van der Waals surface area contributed by atoms with Crippen molar-refractivity contribution in [3.63, 3.8) is 0 Å². The normalized spacial score (nSPS) is 19.2. The average molecular weight is 228 g/mol. The Kier molecular flexibility index (Phi) is 4.58. The first-order valence-corrected chi connectivity index (χ1v) is 5.82. The van der Waals surface area contributed by atoms with Crippen molar-refractivity contribution >= 4 is 12.0 Å². The van der Waals surface area contributed by atoms with E-state index in [1.165, 1.54) is 6.92 Å². The highest BCUT2D eigenvalue weighted by Gasteiger charge is 2.23. The molecule has 2 N–H and O–H groups in total. The lowest BCUT2D eigenvalue weighted by Gasteiger charge is -2.32. The highest BCUT2D eigenvalue weighted by molar-refractivity contribution is 5.82. The van der Waals surface area contributed by atoms with Gasteiger partial charge in [0.05, 0.1) is 0 Å². The number of hydrogen-bond donors (Lipinski definition) is 2. The largest absolute Gasteiger partial charge is 0.480 e. The van der Waals surface area contributed by atoms with Crippen LogP contribution in [0.3, 0.4) is 0 Å². The molecule has 1 saturated heterocycles. The first kappa shape index (κ1) is 12.8. The second kappa shape index (κ2) is 5.72. The van der Waals surface area contributed by atoms with E-state index in [-0.39, 0.29) is 6.03 Å². The topological polar surface area (TPSA) is 69.6 Å². The summed E-state index contributed by atoms with van der Waals surface area (Å²) in [6.07, 6.45) is 3.19. The maximum absolute atomic E-state index is 11.7. The molecule has 0 aromatic carbocycles. The lowest BCUT2D eigenvalue weighted by molar-refractivity contribution is -0.138. The molecule has 1 fully saturated rings. The van der Waals surface area contributed by atoms with E-state index in [4.69, 9.17) is 5.11 Å². The second-order valence-corrected chi connectivity index (χ2v) is 4.35. The Bertz CT molecular complexity index is 260. The van der Waals surface area contributed by atoms with Gasteiger partial charge in [-0.05, 0) is 25.7 Å². The smallest absolute Gasteiger partial charge is 0.325 e. The van der Waals surface area contributed by atoms with E-state index in [0.29, 0.717) is 5.92 Å². The van der Waals surface area contributed by atoms with Crippen molar-refractivity contribution in [1.82, 2.24) is 10.2 Å². The van der Waals surface area contributed by atoms with Gasteiger partial charge in [0.2, 0.25) is 0 Å². The number of carboxylic acids is 1. The van der Waals surface area contributed by atoms with E-state index in [2.05, 4.69) is 12.2 Å². The number of hydrogen-bond acceptors (Lipinski definition) is 2. The van der Waals surface area contributed by atoms with Gasteiger partial charge in [0.25, 0.3) is 0 Å². The van der Waals surface area contributed by atoms with E-state index in [0.717, 1.165) is 32.4 Å². The van der Waals surface area contributed by atoms with Gasteiger partial charge < -0.3 is 15.3 Å². The van der Waals surface area contributed by atoms with Crippen LogP contribution in [0.2, 0.25) is 0 Å². The molecule has 16 heavy (non-hydrogen) atoms. The summed E-state index contributed by atoms with van der Waals surface area (Å²) >= 11 is 0. The highest BCUT2D eigenvalue weighted by Crippen LogP contribution is 2.19. The van der Waals surface area contributed by atoms with Gasteiger partial charge in [0.15, 0.2) is 0 Å². The molecular formula is C11H20N2O3. The van der Waals surface area contributed by atoms with Crippen LogP contribution >= 0.6 is 0 Å². The quantitative estimate of drug-likeness (QED) is 0.764. The maximum atomic E-state index is 11.7. The number of nitrogens with zero attached hydrogens (tertiary/aromatic N) is 1. The molecule has 0 spiro atoms. The molecule has 1 heterocycles. The molecule has 0 bridgehead atoms. The summed E-state index contributed by atoms with van der Waals surface area (Å²) < 4.78 is 0. The predicted octanol–water partition coefficient (Wildman–Crippen LogP) is 1.29. The Morgan fingerprint density at radius 1 is 1.44 bits per heavy atom. The Morgan fingerprint density at radius 3 is 2.44 bits per heavy atom. The molecule has 5 nitrogen and oxygen atoms in total. The zero-order valence-corrected chi connectivity index (χ0v) is 9.90. The summed E-state index contributed by atoms with van der Waals surface area (Å²) in [7, 11) is 0. The summed E-state index contributed by atoms with van der Waals surface area (Å²) in [6, 6.07) is -1.08. The highest BCUT2D eigenvalue weighted by atomic mass is 16.4. The summed E-state index contributed by atoms with van der Waals surface area (Å²) in [6.45, 7) is 5.10. The number of aliphatic carboxylic acids is 1. The van der Waals surface area contributed by atoms with Gasteiger partial charge in [-0.15, -0.1) is 0 Å². The van der Waals surface area contributed by atoms with Crippen LogP contribution in [0.1, 0.15) is 33.1 Å². The number of carbonyl (C=O) groups is 2. The number of piperidine rings is 1. The summed E-state index contributed by atoms with van der Waals surface area (Å²) in [5.74, 6) is -0.294. The van der Waals surface area contributed by atoms with Crippen LogP contribution in [0, 0.1) is 5.92 Å². The minimum atomic E-state index is -1.00. The average Bonchev–Trinajstić information content (AvgIpc) is 2.28. The number of urea groups is 1. The number of carbonyl (C=O) groups excluding carboxylic acids is 1. The number of amides is 2. The van der Waals surface area contributed by atoms with Crippen molar-refractivity contribution in [1.29, 1.82) is 0 Å². The third-order valence-electron chi connectivity index (χ3n) is 3.19. The molecular weight excluding hydrogens is 208 g/mol. The number of rotatable bonds is 3. The van der Waals surface area contributed by atoms with E-state index in [9.17, 15) is 9.59 Å². The molecule has 1 aliphatic heterocycles. The van der Waals surface area contributed by atoms with Crippen LogP contribution in [0.5, 0.6) is 0 Å². The van der Waals surface area contributed by atoms with Crippen molar-refractivity contribution in [2.75, 3.05) is 13.1 Å². The third kappa shape index (κ3) is 3.40. The molecule has 5 heteroatoms. The van der Waals surface area contributed by atoms with Crippen LogP contribution in [0.15, 0.2) is 0 Å². The summed E-state index contributed by atoms with van der Waals surface area (Å²) in [5.41, 5.74) is 0. The minimum absolute atomic E-state index is 0.260. The molecule has 0 aliphatic carbocycles. The van der Waals surface area contributed by atoms with Gasteiger partial charge in [-0.3, -0.25) is 4.79 Å². The SMILES string of the molecule is CCC1CCN(C(=O)NC(C)C(=O)O)CC1. The molecule has 0 saturated carbocycles. The van der Waals surface area contributed by atoms with Crippen LogP contribution < -0.4 is 5.32 Å². The molecule has 1 unspecified atom stereocenters. The zero-order valence-electron chi connectivity index (χ0n) is 9.90. The van der Waals surface area contributed by atoms with E-state index >= 15 is 0 Å². The predicted molar refractivity (Wildman–Crippen MR) is 60.2 cm³/mol. The number of nitrogens with one attached hydrogen (secondary N) is 1. The van der Waals surface area contributed by atoms with Gasteiger partial charge in [0, 0.05) is 13.1 Å². The maximum Gasteiger partial charge on any atom is 0.325 e. The molecule has 2 amide bonds. The van der Waals surface area contributed by atoms with Crippen LogP contribution in [-0.2, 0) is 4.79 Å². The second-order valence-electron chi connectivity index (χ2n) is 4.35. The zero-order chi connectivity index (χ0) is 12.1. The Hall–Kier alpha value is -1.26. The Morgan fingerprint density at radius 2 is 2.00 bits per heavy atom. The van der Waals surface area contributed by atoms with Crippen molar-refractivity contribution in [3.8, 4) is 0 Å². The van der Waals surface area contributed by atoms with Gasteiger partial charge in [-0.1, -0.05) is 13.3 Å². The van der Waals surface area contributed by atoms with E-state index < -0.39 is 12.0 Å². The lowest BCUT2D eigenvalue weighted by atomic mass is 9.95. The first-order valence-electron chi connectivity index (χ1n) is 5.82. The molecule has 0 aromatic heterocycles. The standard InChI is InChI=1S/C11H20N2O3/c1-3-9-4-6-13(7-5-9)11(16)12-8(2)10(14)15/h8-9H,3-7H2,1-2H3,(H,12,16)(H,14,15). The monoisotopic (exact) mass is 228 g/mol. The number of carboxylic acid groups (broad SMARTS) is 1. The van der Waals surface area contributed by atoms with Gasteiger partial charge in [-0.2, -0.15) is 0 Å². The number of likely N-dealkylation sites (tertiary alicyclic amines) is 1. The van der Waals surface area contributed by atoms with Gasteiger partial charge in [0.1, 0.15) is 6.04 Å². The molecule has 92 valence electrons. The minimum Gasteiger partial charge on any atom is -0.480 e. The molecule has 0 aromatic rings. The van der Waals surface area contributed by atoms with Crippen molar-refractivity contribution < 1.29 is 14.7 Å². The van der Waals surface area contributed by atoms with Crippen LogP contribution in [-0.4, -0.2) is 41.1 Å². The Labute approximate surface area is 95.8 Å². The van der Waals surface area contributed by atoms with Gasteiger partial charge >= 0.3 is 12.0 Å².